The van der Waals surface area contributed by atoms with Crippen LogP contribution in [0.4, 0.5) is 0 Å². The van der Waals surface area contributed by atoms with Crippen molar-refractivity contribution in [3.8, 4) is 5.75 Å². The number of hydrogen-bond acceptors (Lipinski definition) is 3. The standard InChI is InChI=1S/C17H28N2O/c1-19(16-5-3-2-4-6-16)13-14-20-17-9-7-15(8-10-17)11-12-18/h7-10,16H,2-6,11-14,18H2,1H3. The minimum Gasteiger partial charge on any atom is -0.492 e. The number of ether oxygens (including phenoxy) is 1. The van der Waals surface area contributed by atoms with E-state index < -0.39 is 0 Å². The molecular weight excluding hydrogens is 248 g/mol. The zero-order valence-corrected chi connectivity index (χ0v) is 12.7. The molecule has 3 heteroatoms. The average molecular weight is 276 g/mol. The first-order valence-corrected chi connectivity index (χ1v) is 7.91. The molecule has 1 aromatic rings. The van der Waals surface area contributed by atoms with Gasteiger partial charge in [-0.05, 0) is 50.6 Å². The Morgan fingerprint density at radius 3 is 2.50 bits per heavy atom. The van der Waals surface area contributed by atoms with Crippen molar-refractivity contribution in [3.05, 3.63) is 29.8 Å². The van der Waals surface area contributed by atoms with Gasteiger partial charge in [-0.15, -0.1) is 0 Å². The van der Waals surface area contributed by atoms with Crippen LogP contribution in [0, 0.1) is 0 Å². The Labute approximate surface area is 123 Å². The molecule has 0 heterocycles. The Morgan fingerprint density at radius 1 is 1.15 bits per heavy atom. The molecule has 1 aliphatic carbocycles. The van der Waals surface area contributed by atoms with Crippen LogP contribution in [0.5, 0.6) is 5.75 Å². The number of rotatable bonds is 7. The van der Waals surface area contributed by atoms with E-state index in [1.165, 1.54) is 37.7 Å². The van der Waals surface area contributed by atoms with Crippen LogP contribution in [0.15, 0.2) is 24.3 Å². The van der Waals surface area contributed by atoms with Gasteiger partial charge in [-0.3, -0.25) is 0 Å². The molecule has 2 N–H and O–H groups in total. The Kier molecular flexibility index (Phi) is 6.34. The fraction of sp³-hybridized carbons (Fsp3) is 0.647. The second-order valence-corrected chi connectivity index (χ2v) is 5.80. The zero-order chi connectivity index (χ0) is 14.2. The van der Waals surface area contributed by atoms with E-state index in [0.29, 0.717) is 6.54 Å². The van der Waals surface area contributed by atoms with Crippen molar-refractivity contribution < 1.29 is 4.74 Å². The molecule has 0 bridgehead atoms. The third-order valence-corrected chi connectivity index (χ3v) is 4.27. The van der Waals surface area contributed by atoms with Crippen LogP contribution in [0.25, 0.3) is 0 Å². The van der Waals surface area contributed by atoms with Gasteiger partial charge in [-0.2, -0.15) is 0 Å². The van der Waals surface area contributed by atoms with Gasteiger partial charge in [0.15, 0.2) is 0 Å². The molecule has 1 aliphatic rings. The number of likely N-dealkylation sites (N-methyl/N-ethyl adjacent to an activating group) is 1. The van der Waals surface area contributed by atoms with Gasteiger partial charge in [-0.25, -0.2) is 0 Å². The normalized spacial score (nSPS) is 16.6. The summed E-state index contributed by atoms with van der Waals surface area (Å²) in [6, 6.07) is 9.07. The van der Waals surface area contributed by atoms with Crippen LogP contribution in [-0.2, 0) is 6.42 Å². The van der Waals surface area contributed by atoms with Gasteiger partial charge >= 0.3 is 0 Å². The maximum Gasteiger partial charge on any atom is 0.119 e. The van der Waals surface area contributed by atoms with E-state index in [1.54, 1.807) is 0 Å². The van der Waals surface area contributed by atoms with Gasteiger partial charge in [-0.1, -0.05) is 31.4 Å². The number of nitrogens with zero attached hydrogens (tertiary/aromatic N) is 1. The molecule has 3 nitrogen and oxygen atoms in total. The highest BCUT2D eigenvalue weighted by Gasteiger charge is 2.17. The van der Waals surface area contributed by atoms with E-state index in [4.69, 9.17) is 10.5 Å². The molecule has 20 heavy (non-hydrogen) atoms. The Balaban J connectivity index is 1.69. The molecule has 0 aromatic heterocycles. The predicted molar refractivity (Wildman–Crippen MR) is 84.2 cm³/mol. The quantitative estimate of drug-likeness (QED) is 0.832. The largest absolute Gasteiger partial charge is 0.492 e. The molecule has 0 saturated heterocycles. The summed E-state index contributed by atoms with van der Waals surface area (Å²) < 4.78 is 5.83. The van der Waals surface area contributed by atoms with E-state index in [-0.39, 0.29) is 0 Å². The molecule has 2 rings (SSSR count). The van der Waals surface area contributed by atoms with Crippen molar-refractivity contribution in [2.24, 2.45) is 5.73 Å². The highest BCUT2D eigenvalue weighted by atomic mass is 16.5. The summed E-state index contributed by atoms with van der Waals surface area (Å²) in [5.74, 6) is 0.961. The van der Waals surface area contributed by atoms with Crippen molar-refractivity contribution in [1.29, 1.82) is 0 Å². The van der Waals surface area contributed by atoms with E-state index in [9.17, 15) is 0 Å². The first-order chi connectivity index (χ1) is 9.79. The molecule has 0 radical (unpaired) electrons. The van der Waals surface area contributed by atoms with Gasteiger partial charge in [0.1, 0.15) is 12.4 Å². The molecule has 1 fully saturated rings. The predicted octanol–water partition coefficient (Wildman–Crippen LogP) is 2.83. The molecule has 0 spiro atoms. The maximum atomic E-state index is 5.83. The molecule has 0 amide bonds. The van der Waals surface area contributed by atoms with Crippen molar-refractivity contribution in [1.82, 2.24) is 4.90 Å². The van der Waals surface area contributed by atoms with Crippen molar-refractivity contribution in [2.75, 3.05) is 26.7 Å². The Morgan fingerprint density at radius 2 is 1.85 bits per heavy atom. The minimum atomic E-state index is 0.701. The SMILES string of the molecule is CN(CCOc1ccc(CCN)cc1)C1CCCCC1. The molecular formula is C17H28N2O. The summed E-state index contributed by atoms with van der Waals surface area (Å²) in [5, 5.41) is 0. The van der Waals surface area contributed by atoms with Crippen LogP contribution < -0.4 is 10.5 Å². The van der Waals surface area contributed by atoms with Gasteiger partial charge in [0.25, 0.3) is 0 Å². The molecule has 0 atom stereocenters. The van der Waals surface area contributed by atoms with Crippen molar-refractivity contribution in [2.45, 2.75) is 44.6 Å². The van der Waals surface area contributed by atoms with E-state index >= 15 is 0 Å². The van der Waals surface area contributed by atoms with Crippen LogP contribution in [0.2, 0.25) is 0 Å². The number of benzene rings is 1. The lowest BCUT2D eigenvalue weighted by atomic mass is 9.94. The van der Waals surface area contributed by atoms with Crippen LogP contribution >= 0.6 is 0 Å². The molecule has 1 aromatic carbocycles. The van der Waals surface area contributed by atoms with Crippen LogP contribution in [0.1, 0.15) is 37.7 Å². The first kappa shape index (κ1) is 15.3. The Hall–Kier alpha value is -1.06. The lowest BCUT2D eigenvalue weighted by Crippen LogP contribution is -2.36. The molecule has 1 saturated carbocycles. The average Bonchev–Trinajstić information content (AvgIpc) is 2.50. The van der Waals surface area contributed by atoms with Gasteiger partial charge in [0.2, 0.25) is 0 Å². The summed E-state index contributed by atoms with van der Waals surface area (Å²) in [6.07, 6.45) is 7.83. The summed E-state index contributed by atoms with van der Waals surface area (Å²) in [5.41, 5.74) is 6.82. The molecule has 112 valence electrons. The van der Waals surface area contributed by atoms with E-state index in [1.807, 2.05) is 12.1 Å². The Bertz CT molecular complexity index is 371. The number of hydrogen-bond donors (Lipinski definition) is 1. The molecule has 0 aliphatic heterocycles. The van der Waals surface area contributed by atoms with Crippen molar-refractivity contribution in [3.63, 3.8) is 0 Å². The van der Waals surface area contributed by atoms with E-state index in [0.717, 1.165) is 31.4 Å². The topological polar surface area (TPSA) is 38.5 Å². The summed E-state index contributed by atoms with van der Waals surface area (Å²) >= 11 is 0. The summed E-state index contributed by atoms with van der Waals surface area (Å²) in [7, 11) is 2.23. The lowest BCUT2D eigenvalue weighted by Gasteiger charge is -2.31. The zero-order valence-electron chi connectivity index (χ0n) is 12.7. The fourth-order valence-electron chi connectivity index (χ4n) is 2.93. The third kappa shape index (κ3) is 4.80. The summed E-state index contributed by atoms with van der Waals surface area (Å²) in [6.45, 7) is 2.48. The third-order valence-electron chi connectivity index (χ3n) is 4.27. The highest BCUT2D eigenvalue weighted by molar-refractivity contribution is 5.27. The van der Waals surface area contributed by atoms with Gasteiger partial charge in [0, 0.05) is 12.6 Å². The monoisotopic (exact) mass is 276 g/mol. The van der Waals surface area contributed by atoms with Gasteiger partial charge < -0.3 is 15.4 Å². The highest BCUT2D eigenvalue weighted by Crippen LogP contribution is 2.21. The van der Waals surface area contributed by atoms with Crippen LogP contribution in [-0.4, -0.2) is 37.7 Å². The smallest absolute Gasteiger partial charge is 0.119 e. The maximum absolute atomic E-state index is 5.83. The van der Waals surface area contributed by atoms with Crippen molar-refractivity contribution >= 4 is 0 Å². The van der Waals surface area contributed by atoms with E-state index in [2.05, 4.69) is 24.1 Å². The minimum absolute atomic E-state index is 0.701. The van der Waals surface area contributed by atoms with Gasteiger partial charge in [0.05, 0.1) is 0 Å². The first-order valence-electron chi connectivity index (χ1n) is 7.91. The second-order valence-electron chi connectivity index (χ2n) is 5.80. The number of nitrogens with two attached hydrogens (primary N) is 1. The molecule has 0 unspecified atom stereocenters. The second kappa shape index (κ2) is 8.28. The summed E-state index contributed by atoms with van der Waals surface area (Å²) in [4.78, 5) is 2.46. The van der Waals surface area contributed by atoms with Crippen LogP contribution in [0.3, 0.4) is 0 Å². The lowest BCUT2D eigenvalue weighted by molar-refractivity contribution is 0.160. The fourth-order valence-corrected chi connectivity index (χ4v) is 2.93.